The highest BCUT2D eigenvalue weighted by atomic mass is 35.5. The molecule has 2 aromatic rings. The lowest BCUT2D eigenvalue weighted by molar-refractivity contribution is 0.0916. The van der Waals surface area contributed by atoms with Crippen molar-refractivity contribution in [3.05, 3.63) is 39.5 Å². The molecule has 1 aromatic heterocycles. The van der Waals surface area contributed by atoms with E-state index in [-0.39, 0.29) is 12.5 Å². The standard InChI is InChI=1S/C18H21Cl2N5O2/c1-18(2,3)22-16(26)14-13-9-24(17(21)27)4-5-25(13)23-15(14)10-6-11(19)8-12(20)7-10/h6-8H,4-5,9H2,1-3H3,(H2,21,27)(H,22,26). The third-order valence-corrected chi connectivity index (χ3v) is 4.58. The van der Waals surface area contributed by atoms with Crippen LogP contribution in [-0.2, 0) is 13.1 Å². The van der Waals surface area contributed by atoms with Gasteiger partial charge in [0.2, 0.25) is 0 Å². The van der Waals surface area contributed by atoms with E-state index in [9.17, 15) is 9.59 Å². The number of nitrogens with one attached hydrogen (secondary N) is 1. The molecule has 0 fully saturated rings. The summed E-state index contributed by atoms with van der Waals surface area (Å²) in [6, 6.07) is 4.51. The molecule has 0 radical (unpaired) electrons. The Morgan fingerprint density at radius 3 is 2.33 bits per heavy atom. The summed E-state index contributed by atoms with van der Waals surface area (Å²) < 4.78 is 1.74. The molecule has 1 aliphatic rings. The third-order valence-electron chi connectivity index (χ3n) is 4.14. The summed E-state index contributed by atoms with van der Waals surface area (Å²) in [5.41, 5.74) is 7.14. The SMILES string of the molecule is CC(C)(C)NC(=O)c1c(-c2cc(Cl)cc(Cl)c2)nn2c1CN(C(N)=O)CC2. The quantitative estimate of drug-likeness (QED) is 0.796. The number of benzene rings is 1. The van der Waals surface area contributed by atoms with E-state index in [1.165, 1.54) is 4.90 Å². The van der Waals surface area contributed by atoms with Gasteiger partial charge in [0.15, 0.2) is 0 Å². The lowest BCUT2D eigenvalue weighted by atomic mass is 10.0. The number of rotatable bonds is 2. The molecule has 9 heteroatoms. The van der Waals surface area contributed by atoms with E-state index in [1.807, 2.05) is 20.8 Å². The molecule has 0 spiro atoms. The van der Waals surface area contributed by atoms with Crippen LogP contribution in [0.2, 0.25) is 10.0 Å². The molecule has 144 valence electrons. The molecular formula is C18H21Cl2N5O2. The number of aromatic nitrogens is 2. The predicted octanol–water partition coefficient (Wildman–Crippen LogP) is 3.28. The summed E-state index contributed by atoms with van der Waals surface area (Å²) in [6.07, 6.45) is 0. The van der Waals surface area contributed by atoms with Crippen molar-refractivity contribution in [1.82, 2.24) is 20.0 Å². The molecule has 3 N–H and O–H groups in total. The van der Waals surface area contributed by atoms with E-state index in [2.05, 4.69) is 10.4 Å². The van der Waals surface area contributed by atoms with Gasteiger partial charge in [-0.3, -0.25) is 9.48 Å². The lowest BCUT2D eigenvalue weighted by Gasteiger charge is -2.27. The topological polar surface area (TPSA) is 93.2 Å². The first kappa shape index (κ1) is 19.5. The molecule has 2 heterocycles. The van der Waals surface area contributed by atoms with Crippen molar-refractivity contribution in [3.8, 4) is 11.3 Å². The van der Waals surface area contributed by atoms with Gasteiger partial charge in [-0.15, -0.1) is 0 Å². The number of nitrogens with two attached hydrogens (primary N) is 1. The zero-order chi connectivity index (χ0) is 19.9. The van der Waals surface area contributed by atoms with E-state index in [4.69, 9.17) is 28.9 Å². The minimum atomic E-state index is -0.531. The molecule has 7 nitrogen and oxygen atoms in total. The second kappa shape index (κ2) is 7.05. The van der Waals surface area contributed by atoms with Gasteiger partial charge in [-0.05, 0) is 39.0 Å². The first-order valence-corrected chi connectivity index (χ1v) is 9.24. The summed E-state index contributed by atoms with van der Waals surface area (Å²) in [5, 5.41) is 8.47. The van der Waals surface area contributed by atoms with Crippen molar-refractivity contribution in [2.75, 3.05) is 6.54 Å². The number of primary amides is 1. The maximum atomic E-state index is 13.1. The molecule has 0 atom stereocenters. The van der Waals surface area contributed by atoms with Crippen molar-refractivity contribution in [1.29, 1.82) is 0 Å². The largest absolute Gasteiger partial charge is 0.351 e. The number of halogens is 2. The number of carbonyl (C=O) groups excluding carboxylic acids is 2. The van der Waals surface area contributed by atoms with Crippen molar-refractivity contribution >= 4 is 35.1 Å². The van der Waals surface area contributed by atoms with Gasteiger partial charge in [0.1, 0.15) is 5.69 Å². The minimum Gasteiger partial charge on any atom is -0.351 e. The van der Waals surface area contributed by atoms with E-state index in [0.29, 0.717) is 45.6 Å². The molecular weight excluding hydrogens is 389 g/mol. The second-order valence-corrected chi connectivity index (χ2v) is 8.39. The second-order valence-electron chi connectivity index (χ2n) is 7.52. The normalized spacial score (nSPS) is 14.0. The third kappa shape index (κ3) is 4.20. The Morgan fingerprint density at radius 1 is 1.15 bits per heavy atom. The minimum absolute atomic E-state index is 0.212. The van der Waals surface area contributed by atoms with Gasteiger partial charge in [0.25, 0.3) is 5.91 Å². The Bertz CT molecular complexity index is 897. The van der Waals surface area contributed by atoms with Gasteiger partial charge in [-0.1, -0.05) is 23.2 Å². The summed E-state index contributed by atoms with van der Waals surface area (Å²) in [4.78, 5) is 26.2. The zero-order valence-electron chi connectivity index (χ0n) is 15.3. The number of hydrogen-bond donors (Lipinski definition) is 2. The van der Waals surface area contributed by atoms with Crippen LogP contribution in [0.3, 0.4) is 0 Å². The van der Waals surface area contributed by atoms with Crippen LogP contribution in [0.1, 0.15) is 36.8 Å². The summed E-state index contributed by atoms with van der Waals surface area (Å²) in [7, 11) is 0. The van der Waals surface area contributed by atoms with E-state index in [1.54, 1.807) is 22.9 Å². The van der Waals surface area contributed by atoms with Gasteiger partial charge in [-0.2, -0.15) is 5.10 Å². The Labute approximate surface area is 167 Å². The molecule has 0 aliphatic carbocycles. The van der Waals surface area contributed by atoms with Crippen LogP contribution in [0.15, 0.2) is 18.2 Å². The lowest BCUT2D eigenvalue weighted by Crippen LogP contribution is -2.44. The molecule has 0 bridgehead atoms. The van der Waals surface area contributed by atoms with Crippen LogP contribution in [-0.4, -0.2) is 38.7 Å². The predicted molar refractivity (Wildman–Crippen MR) is 105 cm³/mol. The van der Waals surface area contributed by atoms with E-state index < -0.39 is 11.6 Å². The Hall–Kier alpha value is -2.25. The van der Waals surface area contributed by atoms with Crippen molar-refractivity contribution < 1.29 is 9.59 Å². The average molecular weight is 410 g/mol. The zero-order valence-corrected chi connectivity index (χ0v) is 16.9. The van der Waals surface area contributed by atoms with Crippen LogP contribution < -0.4 is 11.1 Å². The van der Waals surface area contributed by atoms with Crippen LogP contribution in [0.5, 0.6) is 0 Å². The van der Waals surface area contributed by atoms with Crippen LogP contribution in [0.4, 0.5) is 4.79 Å². The smallest absolute Gasteiger partial charge is 0.315 e. The number of carbonyl (C=O) groups is 2. The van der Waals surface area contributed by atoms with Crippen LogP contribution in [0.25, 0.3) is 11.3 Å². The fourth-order valence-electron chi connectivity index (χ4n) is 3.04. The number of fused-ring (bicyclic) bond motifs is 1. The van der Waals surface area contributed by atoms with Crippen molar-refractivity contribution in [2.45, 2.75) is 39.4 Å². The van der Waals surface area contributed by atoms with E-state index in [0.717, 1.165) is 0 Å². The fraction of sp³-hybridized carbons (Fsp3) is 0.389. The van der Waals surface area contributed by atoms with Gasteiger partial charge >= 0.3 is 6.03 Å². The van der Waals surface area contributed by atoms with Crippen molar-refractivity contribution in [3.63, 3.8) is 0 Å². The maximum absolute atomic E-state index is 13.1. The fourth-order valence-corrected chi connectivity index (χ4v) is 3.57. The molecule has 3 rings (SSSR count). The van der Waals surface area contributed by atoms with Crippen LogP contribution >= 0.6 is 23.2 Å². The molecule has 0 saturated carbocycles. The van der Waals surface area contributed by atoms with Gasteiger partial charge < -0.3 is 16.0 Å². The van der Waals surface area contributed by atoms with E-state index >= 15 is 0 Å². The molecule has 3 amide bonds. The molecule has 0 saturated heterocycles. The molecule has 1 aromatic carbocycles. The van der Waals surface area contributed by atoms with Gasteiger partial charge in [0, 0.05) is 27.7 Å². The maximum Gasteiger partial charge on any atom is 0.315 e. The monoisotopic (exact) mass is 409 g/mol. The molecule has 27 heavy (non-hydrogen) atoms. The Kier molecular flexibility index (Phi) is 5.10. The highest BCUT2D eigenvalue weighted by molar-refractivity contribution is 6.35. The Morgan fingerprint density at radius 2 is 1.78 bits per heavy atom. The number of hydrogen-bond acceptors (Lipinski definition) is 3. The first-order chi connectivity index (χ1) is 12.5. The van der Waals surface area contributed by atoms with Crippen molar-refractivity contribution in [2.24, 2.45) is 5.73 Å². The van der Waals surface area contributed by atoms with Gasteiger partial charge in [0.05, 0.1) is 24.3 Å². The summed E-state index contributed by atoms with van der Waals surface area (Å²) >= 11 is 12.3. The molecule has 0 unspecified atom stereocenters. The number of urea groups is 1. The molecule has 1 aliphatic heterocycles. The number of nitrogens with zero attached hydrogens (tertiary/aromatic N) is 3. The first-order valence-electron chi connectivity index (χ1n) is 8.48. The Balaban J connectivity index is 2.16. The summed E-state index contributed by atoms with van der Waals surface area (Å²) in [6.45, 7) is 6.78. The summed E-state index contributed by atoms with van der Waals surface area (Å²) in [5.74, 6) is -0.277. The number of amides is 3. The highest BCUT2D eigenvalue weighted by Gasteiger charge is 2.31. The van der Waals surface area contributed by atoms with Crippen LogP contribution in [0, 0.1) is 0 Å². The highest BCUT2D eigenvalue weighted by Crippen LogP contribution is 2.32. The van der Waals surface area contributed by atoms with Gasteiger partial charge in [-0.25, -0.2) is 4.79 Å². The average Bonchev–Trinajstić information content (AvgIpc) is 2.90.